The fourth-order valence-corrected chi connectivity index (χ4v) is 3.90. The first kappa shape index (κ1) is 20.9. The van der Waals surface area contributed by atoms with Crippen LogP contribution < -0.4 is 15.8 Å². The van der Waals surface area contributed by atoms with Gasteiger partial charge in [0.25, 0.3) is 5.91 Å². The van der Waals surface area contributed by atoms with Crippen molar-refractivity contribution in [2.45, 2.75) is 44.6 Å². The van der Waals surface area contributed by atoms with Gasteiger partial charge in [0.05, 0.1) is 24.5 Å². The fraction of sp³-hybridized carbons (Fsp3) is 0.375. The van der Waals surface area contributed by atoms with Gasteiger partial charge in [0.1, 0.15) is 11.8 Å². The van der Waals surface area contributed by atoms with Gasteiger partial charge in [-0.2, -0.15) is 5.26 Å². The molecule has 0 aliphatic carbocycles. The molecule has 7 heteroatoms. The number of rotatable bonds is 7. The number of carbonyl (C=O) groups excluding carboxylic acids is 2. The number of hydrogen-bond donors (Lipinski definition) is 2. The van der Waals surface area contributed by atoms with Crippen molar-refractivity contribution in [3.8, 4) is 22.9 Å². The highest BCUT2D eigenvalue weighted by atomic mass is 16.6. The van der Waals surface area contributed by atoms with Crippen molar-refractivity contribution in [2.24, 2.45) is 5.73 Å². The van der Waals surface area contributed by atoms with Crippen LogP contribution in [0.25, 0.3) is 11.1 Å². The van der Waals surface area contributed by atoms with E-state index in [0.29, 0.717) is 35.9 Å². The monoisotopic (exact) mass is 419 g/mol. The number of fused-ring (bicyclic) bond motifs is 1. The molecule has 0 aromatic heterocycles. The van der Waals surface area contributed by atoms with Crippen molar-refractivity contribution in [2.75, 3.05) is 18.5 Å². The normalized spacial score (nSPS) is 18.8. The van der Waals surface area contributed by atoms with Crippen LogP contribution in [0.3, 0.4) is 0 Å². The van der Waals surface area contributed by atoms with E-state index in [1.807, 2.05) is 12.1 Å². The molecule has 2 aromatic rings. The third-order valence-corrected chi connectivity index (χ3v) is 5.91. The molecule has 2 aromatic carbocycles. The maximum atomic E-state index is 12.9. The molecule has 1 unspecified atom stereocenters. The Balaban J connectivity index is 1.70. The summed E-state index contributed by atoms with van der Waals surface area (Å²) in [5, 5.41) is 12.7. The Hall–Kier alpha value is -3.37. The third-order valence-electron chi connectivity index (χ3n) is 5.91. The fourth-order valence-electron chi connectivity index (χ4n) is 3.90. The Labute approximate surface area is 181 Å². The van der Waals surface area contributed by atoms with Crippen LogP contribution in [-0.2, 0) is 20.7 Å². The summed E-state index contributed by atoms with van der Waals surface area (Å²) in [4.78, 5) is 24.0. The van der Waals surface area contributed by atoms with Crippen molar-refractivity contribution < 1.29 is 19.1 Å². The van der Waals surface area contributed by atoms with Gasteiger partial charge in [-0.1, -0.05) is 38.1 Å². The van der Waals surface area contributed by atoms with E-state index < -0.39 is 11.5 Å². The zero-order valence-corrected chi connectivity index (χ0v) is 17.7. The molecular weight excluding hydrogens is 394 g/mol. The van der Waals surface area contributed by atoms with E-state index in [2.05, 4.69) is 37.4 Å². The molecule has 1 saturated heterocycles. The second-order valence-corrected chi connectivity index (χ2v) is 8.34. The minimum Gasteiger partial charge on any atom is -0.492 e. The minimum atomic E-state index is -1.06. The van der Waals surface area contributed by atoms with Gasteiger partial charge in [-0.15, -0.1) is 0 Å². The molecule has 31 heavy (non-hydrogen) atoms. The van der Waals surface area contributed by atoms with Crippen LogP contribution in [0.5, 0.6) is 5.75 Å². The third kappa shape index (κ3) is 3.99. The molecule has 2 heterocycles. The maximum Gasteiger partial charge on any atom is 0.259 e. The van der Waals surface area contributed by atoms with Crippen LogP contribution in [0.4, 0.5) is 5.69 Å². The lowest BCUT2D eigenvalue weighted by atomic mass is 9.93. The summed E-state index contributed by atoms with van der Waals surface area (Å²) in [6.07, 6.45) is 0.875. The SMILES string of the molecule is CC(C)c1ccc(-c2cc(NC(=O)C3(CCC(N)=O)CO3)c(C#N)c3c2OCC3)cc1. The average Bonchev–Trinajstić information content (AvgIpc) is 3.40. The van der Waals surface area contributed by atoms with Gasteiger partial charge < -0.3 is 20.5 Å². The number of primary amides is 1. The molecule has 1 fully saturated rings. The van der Waals surface area contributed by atoms with Crippen LogP contribution >= 0.6 is 0 Å². The van der Waals surface area contributed by atoms with Gasteiger partial charge in [-0.3, -0.25) is 9.59 Å². The molecule has 7 nitrogen and oxygen atoms in total. The highest BCUT2D eigenvalue weighted by Crippen LogP contribution is 2.43. The van der Waals surface area contributed by atoms with Crippen LogP contribution in [0, 0.1) is 11.3 Å². The number of benzene rings is 2. The van der Waals surface area contributed by atoms with Gasteiger partial charge in [-0.25, -0.2) is 0 Å². The summed E-state index contributed by atoms with van der Waals surface area (Å²) >= 11 is 0. The molecular formula is C24H25N3O4. The van der Waals surface area contributed by atoms with Gasteiger partial charge in [0.15, 0.2) is 5.60 Å². The molecule has 2 aliphatic heterocycles. The van der Waals surface area contributed by atoms with Crippen molar-refractivity contribution in [3.05, 3.63) is 47.0 Å². The van der Waals surface area contributed by atoms with Gasteiger partial charge in [-0.05, 0) is 29.5 Å². The summed E-state index contributed by atoms with van der Waals surface area (Å²) < 4.78 is 11.2. The number of ether oxygens (including phenoxy) is 2. The molecule has 3 N–H and O–H groups in total. The Morgan fingerprint density at radius 3 is 2.58 bits per heavy atom. The van der Waals surface area contributed by atoms with Crippen LogP contribution in [0.2, 0.25) is 0 Å². The Kier molecular flexibility index (Phi) is 5.42. The number of nitrogens with one attached hydrogen (secondary N) is 1. The maximum absolute atomic E-state index is 12.9. The number of nitrogens with two attached hydrogens (primary N) is 1. The quantitative estimate of drug-likeness (QED) is 0.668. The lowest BCUT2D eigenvalue weighted by Gasteiger charge is -2.17. The van der Waals surface area contributed by atoms with Crippen LogP contribution in [0.15, 0.2) is 30.3 Å². The van der Waals surface area contributed by atoms with Crippen molar-refractivity contribution in [3.63, 3.8) is 0 Å². The number of nitriles is 1. The van der Waals surface area contributed by atoms with Crippen molar-refractivity contribution in [1.29, 1.82) is 5.26 Å². The Morgan fingerprint density at radius 2 is 2.00 bits per heavy atom. The first-order valence-electron chi connectivity index (χ1n) is 10.4. The van der Waals surface area contributed by atoms with Gasteiger partial charge in [0.2, 0.25) is 5.91 Å². The molecule has 4 rings (SSSR count). The van der Waals surface area contributed by atoms with E-state index in [1.165, 1.54) is 5.56 Å². The second kappa shape index (κ2) is 8.05. The topological polar surface area (TPSA) is 118 Å². The smallest absolute Gasteiger partial charge is 0.259 e. The second-order valence-electron chi connectivity index (χ2n) is 8.34. The van der Waals surface area contributed by atoms with Crippen LogP contribution in [-0.4, -0.2) is 30.6 Å². The molecule has 0 saturated carbocycles. The average molecular weight is 419 g/mol. The zero-order chi connectivity index (χ0) is 22.2. The number of anilines is 1. The van der Waals surface area contributed by atoms with E-state index >= 15 is 0 Å². The molecule has 160 valence electrons. The van der Waals surface area contributed by atoms with Crippen molar-refractivity contribution >= 4 is 17.5 Å². The Morgan fingerprint density at radius 1 is 1.29 bits per heavy atom. The number of hydrogen-bond acceptors (Lipinski definition) is 5. The highest BCUT2D eigenvalue weighted by molar-refractivity contribution is 6.01. The highest BCUT2D eigenvalue weighted by Gasteiger charge is 2.52. The molecule has 2 amide bonds. The lowest BCUT2D eigenvalue weighted by molar-refractivity contribution is -0.122. The van der Waals surface area contributed by atoms with Crippen molar-refractivity contribution in [1.82, 2.24) is 0 Å². The first-order chi connectivity index (χ1) is 14.8. The van der Waals surface area contributed by atoms with E-state index in [0.717, 1.165) is 16.7 Å². The Bertz CT molecular complexity index is 1080. The summed E-state index contributed by atoms with van der Waals surface area (Å²) in [5.41, 5.74) is 8.79. The largest absolute Gasteiger partial charge is 0.492 e. The van der Waals surface area contributed by atoms with E-state index in [4.69, 9.17) is 15.2 Å². The van der Waals surface area contributed by atoms with Gasteiger partial charge in [0, 0.05) is 24.0 Å². The first-order valence-corrected chi connectivity index (χ1v) is 10.4. The van der Waals surface area contributed by atoms with E-state index in [1.54, 1.807) is 6.07 Å². The predicted octanol–water partition coefficient (Wildman–Crippen LogP) is 3.26. The standard InChI is InChI=1S/C24H25N3O4/c1-14(2)15-3-5-16(6-4-15)18-11-20(19(12-25)17-8-10-30-22(17)18)27-23(29)24(13-31-24)9-7-21(26)28/h3-6,11,14H,7-10,13H2,1-2H3,(H2,26,28)(H,27,29). The lowest BCUT2D eigenvalue weighted by Crippen LogP contribution is -2.33. The number of amides is 2. The molecule has 0 spiro atoms. The van der Waals surface area contributed by atoms with Crippen LogP contribution in [0.1, 0.15) is 49.3 Å². The van der Waals surface area contributed by atoms with E-state index in [9.17, 15) is 14.9 Å². The molecule has 1 atom stereocenters. The summed E-state index contributed by atoms with van der Waals surface area (Å²) in [6, 6.07) is 12.2. The predicted molar refractivity (Wildman–Crippen MR) is 116 cm³/mol. The molecule has 2 aliphatic rings. The number of nitrogens with zero attached hydrogens (tertiary/aromatic N) is 1. The molecule has 0 bridgehead atoms. The van der Waals surface area contributed by atoms with E-state index in [-0.39, 0.29) is 25.4 Å². The summed E-state index contributed by atoms with van der Waals surface area (Å²) in [7, 11) is 0. The summed E-state index contributed by atoms with van der Waals surface area (Å²) in [5.74, 6) is 0.257. The number of epoxide rings is 1. The summed E-state index contributed by atoms with van der Waals surface area (Å²) in [6.45, 7) is 4.99. The molecule has 0 radical (unpaired) electrons. The minimum absolute atomic E-state index is 0.0595. The zero-order valence-electron chi connectivity index (χ0n) is 17.7. The van der Waals surface area contributed by atoms with Gasteiger partial charge >= 0.3 is 0 Å². The number of carbonyl (C=O) groups is 2.